The minimum absolute atomic E-state index is 0.811. The number of rotatable bonds is 2. The van der Waals surface area contributed by atoms with Gasteiger partial charge in [0.1, 0.15) is 5.82 Å². The highest BCUT2D eigenvalue weighted by molar-refractivity contribution is 5.22. The van der Waals surface area contributed by atoms with Gasteiger partial charge in [0, 0.05) is 11.6 Å². The lowest BCUT2D eigenvalue weighted by Crippen LogP contribution is -1.87. The summed E-state index contributed by atoms with van der Waals surface area (Å²) in [6.45, 7) is 4.20. The summed E-state index contributed by atoms with van der Waals surface area (Å²) in [6.07, 6.45) is 3.78. The quantitative estimate of drug-likeness (QED) is 0.687. The molecule has 0 aliphatic heterocycles. The van der Waals surface area contributed by atoms with Crippen LogP contribution in [-0.2, 0) is 6.42 Å². The molecule has 0 radical (unpaired) electrons. The van der Waals surface area contributed by atoms with Crippen LogP contribution in [-0.4, -0.2) is 9.97 Å². The first kappa shape index (κ1) is 6.89. The molecule has 0 unspecified atom stereocenters. The summed E-state index contributed by atoms with van der Waals surface area (Å²) >= 11 is 0. The molecule has 0 aromatic carbocycles. The third-order valence-electron chi connectivity index (χ3n) is 2.25. The first-order valence-corrected chi connectivity index (χ1v) is 4.36. The number of H-pyrrole nitrogens is 1. The van der Waals surface area contributed by atoms with Crippen molar-refractivity contribution in [2.75, 3.05) is 0 Å². The summed E-state index contributed by atoms with van der Waals surface area (Å²) in [5.74, 6) is 1.88. The lowest BCUT2D eigenvalue weighted by molar-refractivity contribution is 0.969. The van der Waals surface area contributed by atoms with Crippen molar-refractivity contribution in [3.63, 3.8) is 0 Å². The Morgan fingerprint density at radius 3 is 2.82 bits per heavy atom. The van der Waals surface area contributed by atoms with Crippen molar-refractivity contribution in [2.45, 2.75) is 39.0 Å². The van der Waals surface area contributed by atoms with Gasteiger partial charge in [-0.3, -0.25) is 0 Å². The Morgan fingerprint density at radius 2 is 2.27 bits per heavy atom. The fourth-order valence-electron chi connectivity index (χ4n) is 1.54. The minimum atomic E-state index is 0.811. The second-order valence-corrected chi connectivity index (χ2v) is 3.31. The maximum absolute atomic E-state index is 4.43. The number of aromatic amines is 1. The van der Waals surface area contributed by atoms with E-state index in [0.29, 0.717) is 0 Å². The van der Waals surface area contributed by atoms with E-state index in [9.17, 15) is 0 Å². The molecule has 1 fully saturated rings. The Hall–Kier alpha value is -0.790. The number of hydrogen-bond donors (Lipinski definition) is 1. The van der Waals surface area contributed by atoms with Gasteiger partial charge in [0.15, 0.2) is 0 Å². The Morgan fingerprint density at radius 1 is 1.55 bits per heavy atom. The smallest absolute Gasteiger partial charge is 0.103 e. The Kier molecular flexibility index (Phi) is 1.48. The van der Waals surface area contributed by atoms with Crippen molar-refractivity contribution in [2.24, 2.45) is 0 Å². The maximum atomic E-state index is 4.43. The molecule has 0 bridgehead atoms. The molecule has 1 N–H and O–H groups in total. The van der Waals surface area contributed by atoms with Gasteiger partial charge in [0.25, 0.3) is 0 Å². The largest absolute Gasteiger partial charge is 0.346 e. The number of nitrogens with zero attached hydrogens (tertiary/aromatic N) is 1. The summed E-state index contributed by atoms with van der Waals surface area (Å²) in [5.41, 5.74) is 2.69. The van der Waals surface area contributed by atoms with Crippen molar-refractivity contribution in [1.82, 2.24) is 9.97 Å². The lowest BCUT2D eigenvalue weighted by atomic mass is 10.2. The van der Waals surface area contributed by atoms with Gasteiger partial charge in [-0.05, 0) is 26.2 Å². The zero-order chi connectivity index (χ0) is 7.84. The molecular weight excluding hydrogens is 136 g/mol. The fourth-order valence-corrected chi connectivity index (χ4v) is 1.54. The molecular formula is C9H14N2. The first-order chi connectivity index (χ1) is 5.31. The van der Waals surface area contributed by atoms with E-state index in [1.165, 1.54) is 24.2 Å². The molecule has 1 saturated carbocycles. The average molecular weight is 150 g/mol. The van der Waals surface area contributed by atoms with E-state index in [2.05, 4.69) is 16.9 Å². The van der Waals surface area contributed by atoms with Crippen LogP contribution < -0.4 is 0 Å². The van der Waals surface area contributed by atoms with Gasteiger partial charge in [-0.25, -0.2) is 4.98 Å². The molecule has 2 heteroatoms. The Bertz CT molecular complexity index is 259. The Labute approximate surface area is 67.0 Å². The number of imidazole rings is 1. The van der Waals surface area contributed by atoms with Crippen LogP contribution in [0.4, 0.5) is 0 Å². The van der Waals surface area contributed by atoms with Gasteiger partial charge in [-0.1, -0.05) is 6.92 Å². The highest BCUT2D eigenvalue weighted by Gasteiger charge is 2.27. The van der Waals surface area contributed by atoms with Crippen LogP contribution in [0.3, 0.4) is 0 Å². The maximum Gasteiger partial charge on any atom is 0.103 e. The van der Waals surface area contributed by atoms with Crippen LogP contribution in [0, 0.1) is 6.92 Å². The zero-order valence-electron chi connectivity index (χ0n) is 7.15. The van der Waals surface area contributed by atoms with E-state index >= 15 is 0 Å². The monoisotopic (exact) mass is 150 g/mol. The normalized spacial score (nSPS) is 17.3. The third-order valence-corrected chi connectivity index (χ3v) is 2.25. The number of hydrogen-bond acceptors (Lipinski definition) is 1. The Balaban J connectivity index is 2.34. The second-order valence-electron chi connectivity index (χ2n) is 3.31. The average Bonchev–Trinajstić information content (AvgIpc) is 2.75. The number of aromatic nitrogens is 2. The molecule has 1 aliphatic carbocycles. The zero-order valence-corrected chi connectivity index (χ0v) is 7.15. The van der Waals surface area contributed by atoms with E-state index in [-0.39, 0.29) is 0 Å². The number of aryl methyl sites for hydroxylation is 2. The van der Waals surface area contributed by atoms with Crippen LogP contribution in [0.1, 0.15) is 42.9 Å². The molecule has 0 saturated heterocycles. The molecule has 0 amide bonds. The van der Waals surface area contributed by atoms with Crippen molar-refractivity contribution in [1.29, 1.82) is 0 Å². The van der Waals surface area contributed by atoms with Crippen molar-refractivity contribution < 1.29 is 0 Å². The van der Waals surface area contributed by atoms with Crippen LogP contribution in [0.15, 0.2) is 0 Å². The summed E-state index contributed by atoms with van der Waals surface area (Å²) in [6, 6.07) is 0. The van der Waals surface area contributed by atoms with Crippen molar-refractivity contribution in [3.05, 3.63) is 17.2 Å². The van der Waals surface area contributed by atoms with E-state index in [4.69, 9.17) is 0 Å². The summed E-state index contributed by atoms with van der Waals surface area (Å²) in [4.78, 5) is 7.78. The molecule has 0 spiro atoms. The predicted molar refractivity (Wildman–Crippen MR) is 44.7 cm³/mol. The van der Waals surface area contributed by atoms with E-state index in [1.807, 2.05) is 6.92 Å². The molecule has 11 heavy (non-hydrogen) atoms. The fraction of sp³-hybridized carbons (Fsp3) is 0.667. The van der Waals surface area contributed by atoms with Gasteiger partial charge in [-0.15, -0.1) is 0 Å². The summed E-state index contributed by atoms with van der Waals surface area (Å²) in [5, 5.41) is 0. The van der Waals surface area contributed by atoms with Gasteiger partial charge >= 0.3 is 0 Å². The predicted octanol–water partition coefficient (Wildman–Crippen LogP) is 2.16. The SMILES string of the molecule is CCc1nc(C)[nH]c1C1CC1. The third kappa shape index (κ3) is 1.17. The molecule has 1 aliphatic rings. The summed E-state index contributed by atoms with van der Waals surface area (Å²) in [7, 11) is 0. The topological polar surface area (TPSA) is 28.7 Å². The second kappa shape index (κ2) is 2.36. The number of nitrogens with one attached hydrogen (secondary N) is 1. The van der Waals surface area contributed by atoms with E-state index in [0.717, 1.165) is 18.2 Å². The first-order valence-electron chi connectivity index (χ1n) is 4.36. The summed E-state index contributed by atoms with van der Waals surface area (Å²) < 4.78 is 0. The van der Waals surface area contributed by atoms with Crippen molar-refractivity contribution in [3.8, 4) is 0 Å². The molecule has 2 rings (SSSR count). The van der Waals surface area contributed by atoms with Crippen LogP contribution >= 0.6 is 0 Å². The molecule has 1 aromatic heterocycles. The van der Waals surface area contributed by atoms with E-state index < -0.39 is 0 Å². The van der Waals surface area contributed by atoms with Crippen molar-refractivity contribution >= 4 is 0 Å². The molecule has 2 nitrogen and oxygen atoms in total. The molecule has 1 aromatic rings. The van der Waals surface area contributed by atoms with Crippen LogP contribution in [0.25, 0.3) is 0 Å². The molecule has 60 valence electrons. The van der Waals surface area contributed by atoms with Gasteiger partial charge in [-0.2, -0.15) is 0 Å². The standard InChI is InChI=1S/C9H14N2/c1-3-8-9(7-4-5-7)11-6(2)10-8/h7H,3-5H2,1-2H3,(H,10,11). The highest BCUT2D eigenvalue weighted by atomic mass is 14.9. The van der Waals surface area contributed by atoms with Crippen LogP contribution in [0.2, 0.25) is 0 Å². The van der Waals surface area contributed by atoms with Gasteiger partial charge < -0.3 is 4.98 Å². The highest BCUT2D eigenvalue weighted by Crippen LogP contribution is 2.40. The van der Waals surface area contributed by atoms with E-state index in [1.54, 1.807) is 0 Å². The lowest BCUT2D eigenvalue weighted by Gasteiger charge is -1.94. The minimum Gasteiger partial charge on any atom is -0.346 e. The van der Waals surface area contributed by atoms with Crippen LogP contribution in [0.5, 0.6) is 0 Å². The molecule has 0 atom stereocenters. The van der Waals surface area contributed by atoms with Gasteiger partial charge in [0.05, 0.1) is 5.69 Å². The van der Waals surface area contributed by atoms with Gasteiger partial charge in [0.2, 0.25) is 0 Å². The molecule has 1 heterocycles.